The molecular weight excluding hydrogens is 164 g/mol. The van der Waals surface area contributed by atoms with Gasteiger partial charge in [0.1, 0.15) is 0 Å². The molecule has 0 aromatic carbocycles. The first-order chi connectivity index (χ1) is 6.04. The molecule has 0 spiro atoms. The minimum atomic E-state index is -0.189. The van der Waals surface area contributed by atoms with Crippen molar-refractivity contribution in [1.82, 2.24) is 0 Å². The largest absolute Gasteiger partial charge is 0.295 e. The molecule has 2 aliphatic rings. The Morgan fingerprint density at radius 1 is 1.46 bits per heavy atom. The Hall–Kier alpha value is -1.18. The third kappa shape index (κ3) is 1.01. The van der Waals surface area contributed by atoms with E-state index in [1.165, 1.54) is 6.08 Å². The Kier molecular flexibility index (Phi) is 1.56. The van der Waals surface area contributed by atoms with Crippen LogP contribution >= 0.6 is 0 Å². The molecule has 2 nitrogen and oxygen atoms in total. The molecule has 68 valence electrons. The summed E-state index contributed by atoms with van der Waals surface area (Å²) in [7, 11) is 0. The summed E-state index contributed by atoms with van der Waals surface area (Å²) < 4.78 is 0. The zero-order chi connectivity index (χ0) is 9.64. The standard InChI is InChI=1S/C11H12O2/c1-7-5-8(12)6-9-10(13)3-4-11(7,9)2/h3-4,6-7H,5H2,1-2H3/t7-,11+/m1/s1. The van der Waals surface area contributed by atoms with Gasteiger partial charge in [0.05, 0.1) is 0 Å². The second-order valence-electron chi connectivity index (χ2n) is 4.11. The molecule has 0 amide bonds. The van der Waals surface area contributed by atoms with Crippen LogP contribution in [0.15, 0.2) is 23.8 Å². The van der Waals surface area contributed by atoms with Crippen molar-refractivity contribution in [3.8, 4) is 0 Å². The van der Waals surface area contributed by atoms with Crippen molar-refractivity contribution in [2.75, 3.05) is 0 Å². The number of rotatable bonds is 0. The summed E-state index contributed by atoms with van der Waals surface area (Å²) in [6, 6.07) is 0. The molecule has 2 rings (SSSR count). The van der Waals surface area contributed by atoms with E-state index in [1.54, 1.807) is 6.08 Å². The fourth-order valence-electron chi connectivity index (χ4n) is 2.08. The molecule has 0 saturated heterocycles. The number of fused-ring (bicyclic) bond motifs is 1. The van der Waals surface area contributed by atoms with E-state index in [2.05, 4.69) is 0 Å². The van der Waals surface area contributed by atoms with E-state index in [0.29, 0.717) is 12.0 Å². The molecule has 13 heavy (non-hydrogen) atoms. The zero-order valence-electron chi connectivity index (χ0n) is 7.83. The first-order valence-corrected chi connectivity index (χ1v) is 4.52. The molecule has 0 heterocycles. The number of carbonyl (C=O) groups excluding carboxylic acids is 2. The van der Waals surface area contributed by atoms with Crippen molar-refractivity contribution in [2.45, 2.75) is 20.3 Å². The van der Waals surface area contributed by atoms with E-state index < -0.39 is 0 Å². The Labute approximate surface area is 77.3 Å². The Morgan fingerprint density at radius 2 is 2.15 bits per heavy atom. The molecule has 0 aromatic rings. The number of allylic oxidation sites excluding steroid dienone is 4. The molecule has 0 radical (unpaired) electrons. The fourth-order valence-corrected chi connectivity index (χ4v) is 2.08. The summed E-state index contributed by atoms with van der Waals surface area (Å²) in [6.45, 7) is 4.05. The predicted molar refractivity (Wildman–Crippen MR) is 49.1 cm³/mol. The van der Waals surface area contributed by atoms with E-state index in [4.69, 9.17) is 0 Å². The van der Waals surface area contributed by atoms with E-state index in [9.17, 15) is 9.59 Å². The van der Waals surface area contributed by atoms with Crippen LogP contribution in [0, 0.1) is 11.3 Å². The lowest BCUT2D eigenvalue weighted by atomic mass is 9.69. The lowest BCUT2D eigenvalue weighted by Gasteiger charge is -2.33. The molecule has 0 fully saturated rings. The Balaban J connectivity index is 2.54. The Bertz CT molecular complexity index is 349. The van der Waals surface area contributed by atoms with Crippen LogP contribution in [0.25, 0.3) is 0 Å². The quantitative estimate of drug-likeness (QED) is 0.562. The molecule has 2 heteroatoms. The van der Waals surface area contributed by atoms with Crippen LogP contribution in [-0.2, 0) is 9.59 Å². The molecule has 2 aliphatic carbocycles. The summed E-state index contributed by atoms with van der Waals surface area (Å²) in [5, 5.41) is 0. The SMILES string of the molecule is C[C@@H]1CC(=O)C=C2C(=O)C=C[C@]21C. The van der Waals surface area contributed by atoms with Crippen LogP contribution in [-0.4, -0.2) is 11.6 Å². The van der Waals surface area contributed by atoms with Crippen molar-refractivity contribution in [3.63, 3.8) is 0 Å². The van der Waals surface area contributed by atoms with Gasteiger partial charge in [-0.15, -0.1) is 0 Å². The molecule has 0 N–H and O–H groups in total. The highest BCUT2D eigenvalue weighted by molar-refractivity contribution is 6.13. The van der Waals surface area contributed by atoms with E-state index >= 15 is 0 Å². The van der Waals surface area contributed by atoms with Gasteiger partial charge in [0, 0.05) is 17.4 Å². The van der Waals surface area contributed by atoms with Gasteiger partial charge < -0.3 is 0 Å². The third-order valence-corrected chi connectivity index (χ3v) is 3.26. The molecule has 0 bridgehead atoms. The summed E-state index contributed by atoms with van der Waals surface area (Å²) >= 11 is 0. The number of carbonyl (C=O) groups is 2. The summed E-state index contributed by atoms with van der Waals surface area (Å²) in [6.07, 6.45) is 5.58. The topological polar surface area (TPSA) is 34.1 Å². The molecule has 0 saturated carbocycles. The second kappa shape index (κ2) is 2.41. The lowest BCUT2D eigenvalue weighted by Crippen LogP contribution is -2.31. The number of hydrogen-bond acceptors (Lipinski definition) is 2. The van der Waals surface area contributed by atoms with Crippen molar-refractivity contribution in [1.29, 1.82) is 0 Å². The van der Waals surface area contributed by atoms with Gasteiger partial charge in [0.25, 0.3) is 0 Å². The first-order valence-electron chi connectivity index (χ1n) is 4.52. The maximum absolute atomic E-state index is 11.4. The molecule has 0 unspecified atom stereocenters. The van der Waals surface area contributed by atoms with Gasteiger partial charge in [-0.3, -0.25) is 9.59 Å². The van der Waals surface area contributed by atoms with Crippen molar-refractivity contribution < 1.29 is 9.59 Å². The van der Waals surface area contributed by atoms with Gasteiger partial charge in [0.2, 0.25) is 0 Å². The second-order valence-corrected chi connectivity index (χ2v) is 4.11. The van der Waals surface area contributed by atoms with Crippen LogP contribution < -0.4 is 0 Å². The average molecular weight is 176 g/mol. The number of ketones is 2. The summed E-state index contributed by atoms with van der Waals surface area (Å²) in [5.74, 6) is 0.321. The smallest absolute Gasteiger partial charge is 0.182 e. The van der Waals surface area contributed by atoms with E-state index in [-0.39, 0.29) is 22.9 Å². The first kappa shape index (κ1) is 8.42. The van der Waals surface area contributed by atoms with Gasteiger partial charge in [-0.05, 0) is 18.1 Å². The van der Waals surface area contributed by atoms with Gasteiger partial charge in [-0.2, -0.15) is 0 Å². The van der Waals surface area contributed by atoms with Crippen LogP contribution in [0.4, 0.5) is 0 Å². The lowest BCUT2D eigenvalue weighted by molar-refractivity contribution is -0.118. The van der Waals surface area contributed by atoms with Gasteiger partial charge in [0.15, 0.2) is 11.6 Å². The third-order valence-electron chi connectivity index (χ3n) is 3.26. The van der Waals surface area contributed by atoms with Crippen molar-refractivity contribution in [2.24, 2.45) is 11.3 Å². The highest BCUT2D eigenvalue weighted by Crippen LogP contribution is 2.45. The molecular formula is C11H12O2. The van der Waals surface area contributed by atoms with Crippen LogP contribution in [0.2, 0.25) is 0 Å². The molecule has 0 aliphatic heterocycles. The van der Waals surface area contributed by atoms with Crippen LogP contribution in [0.5, 0.6) is 0 Å². The molecule has 0 aromatic heterocycles. The van der Waals surface area contributed by atoms with Crippen LogP contribution in [0.1, 0.15) is 20.3 Å². The summed E-state index contributed by atoms with van der Waals surface area (Å²) in [4.78, 5) is 22.6. The van der Waals surface area contributed by atoms with E-state index in [0.717, 1.165) is 0 Å². The van der Waals surface area contributed by atoms with E-state index in [1.807, 2.05) is 19.9 Å². The maximum atomic E-state index is 11.4. The maximum Gasteiger partial charge on any atom is 0.182 e. The highest BCUT2D eigenvalue weighted by atomic mass is 16.1. The van der Waals surface area contributed by atoms with Gasteiger partial charge in [-0.1, -0.05) is 19.9 Å². The van der Waals surface area contributed by atoms with Gasteiger partial charge in [-0.25, -0.2) is 0 Å². The van der Waals surface area contributed by atoms with Gasteiger partial charge >= 0.3 is 0 Å². The summed E-state index contributed by atoms with van der Waals surface area (Å²) in [5.41, 5.74) is 0.488. The van der Waals surface area contributed by atoms with Crippen molar-refractivity contribution >= 4 is 11.6 Å². The minimum Gasteiger partial charge on any atom is -0.295 e. The highest BCUT2D eigenvalue weighted by Gasteiger charge is 2.42. The van der Waals surface area contributed by atoms with Crippen molar-refractivity contribution in [3.05, 3.63) is 23.8 Å². The predicted octanol–water partition coefficient (Wildman–Crippen LogP) is 1.67. The Morgan fingerprint density at radius 3 is 2.85 bits per heavy atom. The molecule has 2 atom stereocenters. The fraction of sp³-hybridized carbons (Fsp3) is 0.455. The monoisotopic (exact) mass is 176 g/mol. The zero-order valence-corrected chi connectivity index (χ0v) is 7.83. The normalized spacial score (nSPS) is 37.7. The van der Waals surface area contributed by atoms with Crippen LogP contribution in [0.3, 0.4) is 0 Å². The number of hydrogen-bond donors (Lipinski definition) is 0. The minimum absolute atomic E-state index is 0.00222. The average Bonchev–Trinajstić information content (AvgIpc) is 2.33.